The number of nitrogens with zero attached hydrogens (tertiary/aromatic N) is 2. The summed E-state index contributed by atoms with van der Waals surface area (Å²) < 4.78 is 5.50. The Balaban J connectivity index is 1.93. The molecule has 1 heterocycles. The van der Waals surface area contributed by atoms with Crippen LogP contribution >= 0.6 is 11.6 Å². The number of anilines is 1. The smallest absolute Gasteiger partial charge is 0.315 e. The van der Waals surface area contributed by atoms with Gasteiger partial charge in [0.1, 0.15) is 0 Å². The van der Waals surface area contributed by atoms with Crippen LogP contribution in [-0.4, -0.2) is 22.1 Å². The average Bonchev–Trinajstić information content (AvgIpc) is 2.78. The van der Waals surface area contributed by atoms with Crippen LogP contribution in [0.4, 0.5) is 6.01 Å². The molecule has 0 bridgehead atoms. The molecule has 0 amide bonds. The van der Waals surface area contributed by atoms with Gasteiger partial charge in [-0.15, -0.1) is 16.7 Å². The summed E-state index contributed by atoms with van der Waals surface area (Å²) in [4.78, 5) is 0. The second-order valence-corrected chi connectivity index (χ2v) is 5.02. The van der Waals surface area contributed by atoms with Gasteiger partial charge in [0.05, 0.1) is 0 Å². The molecule has 0 aliphatic heterocycles. The predicted molar refractivity (Wildman–Crippen MR) is 68.4 cm³/mol. The van der Waals surface area contributed by atoms with E-state index in [1.165, 1.54) is 32.1 Å². The van der Waals surface area contributed by atoms with E-state index in [1.807, 2.05) is 0 Å². The normalized spacial score (nSPS) is 24.8. The van der Waals surface area contributed by atoms with Crippen molar-refractivity contribution >= 4 is 17.6 Å². The molecule has 5 heteroatoms. The van der Waals surface area contributed by atoms with Crippen molar-refractivity contribution in [2.75, 3.05) is 11.2 Å². The highest BCUT2D eigenvalue weighted by molar-refractivity contribution is 6.17. The van der Waals surface area contributed by atoms with Crippen LogP contribution in [0.15, 0.2) is 4.42 Å². The maximum absolute atomic E-state index is 5.63. The summed E-state index contributed by atoms with van der Waals surface area (Å²) in [6.07, 6.45) is 6.98. The van der Waals surface area contributed by atoms with Gasteiger partial charge in [-0.3, -0.25) is 0 Å². The number of aryl methyl sites for hydroxylation is 1. The fourth-order valence-corrected chi connectivity index (χ4v) is 2.70. The molecule has 1 aromatic heterocycles. The summed E-state index contributed by atoms with van der Waals surface area (Å²) >= 11 is 5.63. The van der Waals surface area contributed by atoms with E-state index < -0.39 is 0 Å². The van der Waals surface area contributed by atoms with E-state index in [9.17, 15) is 0 Å². The first-order valence-corrected chi connectivity index (χ1v) is 7.01. The van der Waals surface area contributed by atoms with Crippen molar-refractivity contribution in [3.8, 4) is 0 Å². The summed E-state index contributed by atoms with van der Waals surface area (Å²) in [6, 6.07) is 1.04. The Morgan fingerprint density at radius 2 is 2.18 bits per heavy atom. The Hall–Kier alpha value is -0.770. The molecule has 96 valence electrons. The van der Waals surface area contributed by atoms with Crippen LogP contribution in [0.25, 0.3) is 0 Å². The Labute approximate surface area is 107 Å². The Bertz CT molecular complexity index is 342. The van der Waals surface area contributed by atoms with Crippen LogP contribution in [0.5, 0.6) is 0 Å². The maximum atomic E-state index is 5.63. The molecule has 0 spiro atoms. The number of alkyl halides is 1. The highest BCUT2D eigenvalue weighted by Crippen LogP contribution is 2.29. The fourth-order valence-electron chi connectivity index (χ4n) is 2.54. The molecule has 0 aromatic carbocycles. The average molecular weight is 258 g/mol. The van der Waals surface area contributed by atoms with E-state index in [0.29, 0.717) is 30.2 Å². The highest BCUT2D eigenvalue weighted by atomic mass is 35.5. The van der Waals surface area contributed by atoms with Gasteiger partial charge >= 0.3 is 6.01 Å². The molecular formula is C12H20ClN3O. The van der Waals surface area contributed by atoms with Gasteiger partial charge in [0.2, 0.25) is 5.89 Å². The molecule has 1 aliphatic carbocycles. The lowest BCUT2D eigenvalue weighted by atomic mass is 9.83. The summed E-state index contributed by atoms with van der Waals surface area (Å²) in [5.41, 5.74) is 0. The largest absolute Gasteiger partial charge is 0.408 e. The topological polar surface area (TPSA) is 51.0 Å². The van der Waals surface area contributed by atoms with E-state index in [4.69, 9.17) is 16.0 Å². The van der Waals surface area contributed by atoms with E-state index in [0.717, 1.165) is 5.92 Å². The highest BCUT2D eigenvalue weighted by Gasteiger charge is 2.24. The quantitative estimate of drug-likeness (QED) is 0.823. The van der Waals surface area contributed by atoms with Gasteiger partial charge in [-0.1, -0.05) is 31.3 Å². The molecule has 1 aromatic rings. The molecule has 2 unspecified atom stereocenters. The molecule has 17 heavy (non-hydrogen) atoms. The van der Waals surface area contributed by atoms with Crippen molar-refractivity contribution < 1.29 is 4.42 Å². The Morgan fingerprint density at radius 1 is 1.35 bits per heavy atom. The SMILES string of the molecule is CCC1CCCCC1Nc1nnc(CCCl)o1. The van der Waals surface area contributed by atoms with Crippen molar-refractivity contribution in [1.29, 1.82) is 0 Å². The third-order valence-electron chi connectivity index (χ3n) is 3.52. The molecule has 2 atom stereocenters. The number of hydrogen-bond donors (Lipinski definition) is 1. The Kier molecular flexibility index (Phi) is 4.66. The number of halogens is 1. The van der Waals surface area contributed by atoms with Gasteiger partial charge in [-0.05, 0) is 18.8 Å². The zero-order valence-electron chi connectivity index (χ0n) is 10.3. The molecule has 0 radical (unpaired) electrons. The number of hydrogen-bond acceptors (Lipinski definition) is 4. The predicted octanol–water partition coefficient (Wildman–Crippen LogP) is 3.23. The Morgan fingerprint density at radius 3 is 2.94 bits per heavy atom. The van der Waals surface area contributed by atoms with Crippen LogP contribution in [-0.2, 0) is 6.42 Å². The lowest BCUT2D eigenvalue weighted by Gasteiger charge is -2.30. The molecule has 1 saturated carbocycles. The van der Waals surface area contributed by atoms with Gasteiger partial charge in [-0.25, -0.2) is 0 Å². The second-order valence-electron chi connectivity index (χ2n) is 4.64. The molecule has 4 nitrogen and oxygen atoms in total. The van der Waals surface area contributed by atoms with Crippen molar-refractivity contribution in [2.45, 2.75) is 51.5 Å². The van der Waals surface area contributed by atoms with Crippen molar-refractivity contribution in [3.05, 3.63) is 5.89 Å². The zero-order valence-corrected chi connectivity index (χ0v) is 11.0. The third kappa shape index (κ3) is 3.35. The fraction of sp³-hybridized carbons (Fsp3) is 0.833. The van der Waals surface area contributed by atoms with E-state index in [-0.39, 0.29) is 0 Å². The van der Waals surface area contributed by atoms with E-state index in [1.54, 1.807) is 0 Å². The van der Waals surface area contributed by atoms with Gasteiger partial charge < -0.3 is 9.73 Å². The lowest BCUT2D eigenvalue weighted by Crippen LogP contribution is -2.31. The lowest BCUT2D eigenvalue weighted by molar-refractivity contribution is 0.311. The zero-order chi connectivity index (χ0) is 12.1. The molecule has 0 saturated heterocycles. The van der Waals surface area contributed by atoms with Crippen LogP contribution in [0.1, 0.15) is 44.9 Å². The van der Waals surface area contributed by atoms with E-state index in [2.05, 4.69) is 22.4 Å². The molecule has 1 fully saturated rings. The number of aromatic nitrogens is 2. The summed E-state index contributed by atoms with van der Waals surface area (Å²) in [6.45, 7) is 2.25. The minimum atomic E-state index is 0.484. The second kappa shape index (κ2) is 6.24. The van der Waals surface area contributed by atoms with Crippen LogP contribution in [0.3, 0.4) is 0 Å². The summed E-state index contributed by atoms with van der Waals surface area (Å²) in [5, 5.41) is 11.3. The van der Waals surface area contributed by atoms with Gasteiger partial charge in [-0.2, -0.15) is 0 Å². The molecule has 2 rings (SSSR count). The first-order valence-electron chi connectivity index (χ1n) is 6.48. The van der Waals surface area contributed by atoms with Crippen LogP contribution in [0, 0.1) is 5.92 Å². The number of nitrogens with one attached hydrogen (secondary N) is 1. The third-order valence-corrected chi connectivity index (χ3v) is 3.71. The first-order chi connectivity index (χ1) is 8.33. The maximum Gasteiger partial charge on any atom is 0.315 e. The van der Waals surface area contributed by atoms with E-state index >= 15 is 0 Å². The molecular weight excluding hydrogens is 238 g/mol. The standard InChI is InChI=1S/C12H20ClN3O/c1-2-9-5-3-4-6-10(9)14-12-16-15-11(17-12)7-8-13/h9-10H,2-8H2,1H3,(H,14,16). The number of rotatable bonds is 5. The van der Waals surface area contributed by atoms with Crippen LogP contribution < -0.4 is 5.32 Å². The summed E-state index contributed by atoms with van der Waals surface area (Å²) in [5.74, 6) is 1.86. The monoisotopic (exact) mass is 257 g/mol. The van der Waals surface area contributed by atoms with Gasteiger partial charge in [0, 0.05) is 18.3 Å². The minimum Gasteiger partial charge on any atom is -0.408 e. The summed E-state index contributed by atoms with van der Waals surface area (Å²) in [7, 11) is 0. The molecule has 1 N–H and O–H groups in total. The van der Waals surface area contributed by atoms with Gasteiger partial charge in [0.25, 0.3) is 0 Å². The van der Waals surface area contributed by atoms with Crippen LogP contribution in [0.2, 0.25) is 0 Å². The first kappa shape index (κ1) is 12.7. The minimum absolute atomic E-state index is 0.484. The van der Waals surface area contributed by atoms with Crippen molar-refractivity contribution in [1.82, 2.24) is 10.2 Å². The van der Waals surface area contributed by atoms with Gasteiger partial charge in [0.15, 0.2) is 0 Å². The van der Waals surface area contributed by atoms with Crippen molar-refractivity contribution in [3.63, 3.8) is 0 Å². The van der Waals surface area contributed by atoms with Crippen molar-refractivity contribution in [2.24, 2.45) is 5.92 Å². The molecule has 1 aliphatic rings.